The van der Waals surface area contributed by atoms with E-state index in [2.05, 4.69) is 5.09 Å². The van der Waals surface area contributed by atoms with Gasteiger partial charge in [0.15, 0.2) is 5.78 Å². The van der Waals surface area contributed by atoms with Gasteiger partial charge < -0.3 is 24.2 Å². The predicted molar refractivity (Wildman–Crippen MR) is 126 cm³/mol. The fourth-order valence-corrected chi connectivity index (χ4v) is 5.03. The summed E-state index contributed by atoms with van der Waals surface area (Å²) in [5.74, 6) is -2.45. The number of carbonyl (C=O) groups is 4. The van der Waals surface area contributed by atoms with Crippen molar-refractivity contribution in [2.24, 2.45) is 0 Å². The standard InChI is InChI=1S/C23H29N2O11P/c1-15(23(31)33-11-5-8-22(29)30)24-37(32,36-17-6-3-2-4-7-17)34-14-19-18(27)13-21(35-19)25-10-9-16(26)12-20(25)28/h2-4,6-7,9-10,15,18-19,21,27H,5,8,11-14H2,1H3,(H,24,32)(H,29,30)/t15-,18-,19+,21+,37?/m0/s1. The molecule has 2 aliphatic heterocycles. The van der Waals surface area contributed by atoms with Crippen LogP contribution in [0.3, 0.4) is 0 Å². The largest absolute Gasteiger partial charge is 0.481 e. The summed E-state index contributed by atoms with van der Waals surface area (Å²) in [4.78, 5) is 47.7. The zero-order chi connectivity index (χ0) is 27.0. The van der Waals surface area contributed by atoms with Crippen molar-refractivity contribution >= 4 is 31.4 Å². The van der Waals surface area contributed by atoms with E-state index in [1.807, 2.05) is 0 Å². The highest BCUT2D eigenvalue weighted by Gasteiger charge is 2.42. The second kappa shape index (κ2) is 12.9. The molecule has 1 unspecified atom stereocenters. The van der Waals surface area contributed by atoms with Gasteiger partial charge in [-0.15, -0.1) is 0 Å². The van der Waals surface area contributed by atoms with Crippen molar-refractivity contribution in [1.82, 2.24) is 9.99 Å². The lowest BCUT2D eigenvalue weighted by atomic mass is 10.1. The third-order valence-electron chi connectivity index (χ3n) is 5.41. The van der Waals surface area contributed by atoms with Crippen molar-refractivity contribution in [2.75, 3.05) is 13.2 Å². The Morgan fingerprint density at radius 1 is 1.27 bits per heavy atom. The smallest absolute Gasteiger partial charge is 0.459 e. The Bertz CT molecular complexity index is 1060. The first-order valence-corrected chi connectivity index (χ1v) is 13.1. The molecule has 5 atom stereocenters. The first-order valence-electron chi connectivity index (χ1n) is 11.6. The van der Waals surface area contributed by atoms with E-state index in [0.29, 0.717) is 0 Å². The van der Waals surface area contributed by atoms with Gasteiger partial charge in [0.1, 0.15) is 24.1 Å². The quantitative estimate of drug-likeness (QED) is 0.142. The van der Waals surface area contributed by atoms with Crippen LogP contribution >= 0.6 is 7.75 Å². The second-order valence-corrected chi connectivity index (χ2v) is 10.1. The van der Waals surface area contributed by atoms with Crippen LogP contribution in [0.25, 0.3) is 0 Å². The number of amides is 1. The van der Waals surface area contributed by atoms with E-state index in [-0.39, 0.29) is 43.8 Å². The van der Waals surface area contributed by atoms with Crippen molar-refractivity contribution in [1.29, 1.82) is 0 Å². The number of allylic oxidation sites excluding steroid dienone is 1. The van der Waals surface area contributed by atoms with Crippen LogP contribution in [0.5, 0.6) is 5.75 Å². The Labute approximate surface area is 212 Å². The maximum Gasteiger partial charge on any atom is 0.459 e. The summed E-state index contributed by atoms with van der Waals surface area (Å²) in [5.41, 5.74) is 0. The number of carbonyl (C=O) groups excluding carboxylic acids is 3. The lowest BCUT2D eigenvalue weighted by Gasteiger charge is -2.27. The third-order valence-corrected chi connectivity index (χ3v) is 7.05. The highest BCUT2D eigenvalue weighted by Crippen LogP contribution is 2.45. The van der Waals surface area contributed by atoms with Gasteiger partial charge in [0.2, 0.25) is 5.91 Å². The molecule has 3 rings (SSSR count). The first kappa shape index (κ1) is 28.5. The molecule has 1 aromatic carbocycles. The van der Waals surface area contributed by atoms with Crippen molar-refractivity contribution in [3.63, 3.8) is 0 Å². The predicted octanol–water partition coefficient (Wildman–Crippen LogP) is 1.37. The van der Waals surface area contributed by atoms with Crippen LogP contribution in [0.4, 0.5) is 0 Å². The SMILES string of the molecule is C[C@H](NP(=O)(OC[C@H]1O[C@@H](N2C=CC(=O)CC2=O)C[C@@H]1O)Oc1ccccc1)C(=O)OCCCC(=O)O. The fourth-order valence-electron chi connectivity index (χ4n) is 3.53. The highest BCUT2D eigenvalue weighted by molar-refractivity contribution is 7.52. The number of aliphatic hydroxyl groups is 1. The zero-order valence-corrected chi connectivity index (χ0v) is 21.0. The average molecular weight is 540 g/mol. The monoisotopic (exact) mass is 540 g/mol. The van der Waals surface area contributed by atoms with Gasteiger partial charge in [0, 0.05) is 19.0 Å². The second-order valence-electron chi connectivity index (χ2n) is 8.41. The number of carboxylic acids is 1. The molecule has 13 nitrogen and oxygen atoms in total. The number of carboxylic acid groups (broad SMARTS) is 1. The number of rotatable bonds is 13. The number of aliphatic carboxylic acids is 1. The Morgan fingerprint density at radius 3 is 2.68 bits per heavy atom. The normalized spacial score (nSPS) is 23.9. The summed E-state index contributed by atoms with van der Waals surface area (Å²) in [6, 6.07) is 6.90. The molecule has 1 fully saturated rings. The molecule has 0 radical (unpaired) electrons. The molecule has 0 aromatic heterocycles. The number of hydrogen-bond acceptors (Lipinski definition) is 10. The number of hydrogen-bond donors (Lipinski definition) is 3. The molecule has 14 heteroatoms. The van der Waals surface area contributed by atoms with Gasteiger partial charge in [-0.3, -0.25) is 28.6 Å². The Balaban J connectivity index is 1.62. The highest BCUT2D eigenvalue weighted by atomic mass is 31.2. The van der Waals surface area contributed by atoms with Gasteiger partial charge in [-0.1, -0.05) is 18.2 Å². The molecule has 1 amide bonds. The third kappa shape index (κ3) is 8.48. The van der Waals surface area contributed by atoms with Crippen molar-refractivity contribution in [3.8, 4) is 5.75 Å². The van der Waals surface area contributed by atoms with Gasteiger partial charge in [0.25, 0.3) is 0 Å². The van der Waals surface area contributed by atoms with Gasteiger partial charge >= 0.3 is 19.7 Å². The van der Waals surface area contributed by atoms with Gasteiger partial charge in [-0.2, -0.15) is 5.09 Å². The molecular weight excluding hydrogens is 511 g/mol. The van der Waals surface area contributed by atoms with Crippen LogP contribution in [0.15, 0.2) is 42.6 Å². The number of benzene rings is 1. The molecule has 3 N–H and O–H groups in total. The maximum atomic E-state index is 13.6. The molecule has 1 saturated heterocycles. The minimum absolute atomic E-state index is 0.0364. The zero-order valence-electron chi connectivity index (χ0n) is 20.1. The van der Waals surface area contributed by atoms with E-state index in [1.165, 1.54) is 36.2 Å². The summed E-state index contributed by atoms with van der Waals surface area (Å²) < 4.78 is 35.4. The van der Waals surface area contributed by atoms with E-state index in [4.69, 9.17) is 23.6 Å². The molecule has 1 aromatic rings. The number of ether oxygens (including phenoxy) is 2. The summed E-state index contributed by atoms with van der Waals surface area (Å²) in [6.07, 6.45) is -0.698. The number of nitrogens with zero attached hydrogens (tertiary/aromatic N) is 1. The van der Waals surface area contributed by atoms with E-state index in [1.54, 1.807) is 18.2 Å². The number of para-hydroxylation sites is 1. The summed E-state index contributed by atoms with van der Waals surface area (Å²) in [7, 11) is -4.23. The number of nitrogens with one attached hydrogen (secondary N) is 1. The summed E-state index contributed by atoms with van der Waals surface area (Å²) in [5, 5.41) is 21.6. The lowest BCUT2D eigenvalue weighted by molar-refractivity contribution is -0.146. The van der Waals surface area contributed by atoms with Gasteiger partial charge in [0.05, 0.1) is 25.7 Å². The molecular formula is C23H29N2O11P. The molecule has 37 heavy (non-hydrogen) atoms. The van der Waals surface area contributed by atoms with Crippen LogP contribution < -0.4 is 9.61 Å². The fraction of sp³-hybridized carbons (Fsp3) is 0.478. The lowest BCUT2D eigenvalue weighted by Crippen LogP contribution is -2.39. The van der Waals surface area contributed by atoms with Gasteiger partial charge in [-0.05, 0) is 31.6 Å². The number of esters is 1. The van der Waals surface area contributed by atoms with Crippen molar-refractivity contribution in [2.45, 2.75) is 57.1 Å². The minimum atomic E-state index is -4.23. The van der Waals surface area contributed by atoms with Crippen LogP contribution in [0, 0.1) is 0 Å². The summed E-state index contributed by atoms with van der Waals surface area (Å²) >= 11 is 0. The van der Waals surface area contributed by atoms with Gasteiger partial charge in [-0.25, -0.2) is 4.57 Å². The topological polar surface area (TPSA) is 178 Å². The molecule has 0 spiro atoms. The molecule has 2 heterocycles. The van der Waals surface area contributed by atoms with E-state index in [9.17, 15) is 28.8 Å². The maximum absolute atomic E-state index is 13.6. The molecule has 0 saturated carbocycles. The first-order chi connectivity index (χ1) is 17.6. The van der Waals surface area contributed by atoms with Crippen LogP contribution in [-0.4, -0.2) is 76.4 Å². The minimum Gasteiger partial charge on any atom is -0.481 e. The Kier molecular flexibility index (Phi) is 9.95. The van der Waals surface area contributed by atoms with E-state index < -0.39 is 56.7 Å². The Morgan fingerprint density at radius 2 is 2.00 bits per heavy atom. The Hall–Kier alpha value is -3.09. The van der Waals surface area contributed by atoms with Crippen LogP contribution in [0.1, 0.15) is 32.6 Å². The average Bonchev–Trinajstić information content (AvgIpc) is 3.21. The molecule has 0 bridgehead atoms. The number of ketones is 1. The van der Waals surface area contributed by atoms with Crippen molar-refractivity contribution < 1.29 is 52.5 Å². The van der Waals surface area contributed by atoms with E-state index >= 15 is 0 Å². The van der Waals surface area contributed by atoms with Crippen LogP contribution in [-0.2, 0) is 37.7 Å². The molecule has 2 aliphatic rings. The summed E-state index contributed by atoms with van der Waals surface area (Å²) in [6.45, 7) is 0.816. The van der Waals surface area contributed by atoms with Crippen molar-refractivity contribution in [3.05, 3.63) is 42.6 Å². The van der Waals surface area contributed by atoms with E-state index in [0.717, 1.165) is 0 Å². The van der Waals surface area contributed by atoms with Crippen LogP contribution in [0.2, 0.25) is 0 Å². The molecule has 0 aliphatic carbocycles. The number of aliphatic hydroxyl groups excluding tert-OH is 1. The molecule has 202 valence electrons.